The summed E-state index contributed by atoms with van der Waals surface area (Å²) < 4.78 is 2.11. The lowest BCUT2D eigenvalue weighted by molar-refractivity contribution is -0.122. The Morgan fingerprint density at radius 3 is 2.73 bits per heavy atom. The molecule has 4 rings (SSSR count). The van der Waals surface area contributed by atoms with Crippen LogP contribution in [0.1, 0.15) is 49.5 Å². The third kappa shape index (κ3) is 5.41. The average Bonchev–Trinajstić information content (AvgIpc) is 3.40. The summed E-state index contributed by atoms with van der Waals surface area (Å²) in [5.41, 5.74) is 3.26. The first-order valence-corrected chi connectivity index (χ1v) is 13.1. The van der Waals surface area contributed by atoms with Crippen LogP contribution in [0.15, 0.2) is 54.6 Å². The predicted molar refractivity (Wildman–Crippen MR) is 129 cm³/mol. The van der Waals surface area contributed by atoms with Gasteiger partial charge in [-0.05, 0) is 43.4 Å². The van der Waals surface area contributed by atoms with Crippen LogP contribution in [0.2, 0.25) is 0 Å². The molecule has 2 aromatic carbocycles. The Bertz CT molecular complexity index is 967. The summed E-state index contributed by atoms with van der Waals surface area (Å²) in [6.45, 7) is 0. The molecule has 0 bridgehead atoms. The van der Waals surface area contributed by atoms with Crippen molar-refractivity contribution in [3.63, 3.8) is 0 Å². The Kier molecular flexibility index (Phi) is 7.39. The first kappa shape index (κ1) is 21.3. The Hall–Kier alpha value is -1.92. The molecule has 3 aromatic rings. The molecule has 1 aliphatic heterocycles. The van der Waals surface area contributed by atoms with E-state index in [0.717, 1.165) is 41.4 Å². The number of unbranched alkanes of at least 4 members (excludes halogenated alkanes) is 1. The van der Waals surface area contributed by atoms with Gasteiger partial charge >= 0.3 is 0 Å². The number of para-hydroxylation sites is 2. The Balaban J connectivity index is 1.43. The van der Waals surface area contributed by atoms with Gasteiger partial charge in [0.15, 0.2) is 0 Å². The van der Waals surface area contributed by atoms with Crippen molar-refractivity contribution in [2.75, 3.05) is 5.75 Å². The fraction of sp³-hybridized carbons (Fsp3) is 0.417. The largest absolute Gasteiger partial charge is 0.346 e. The molecule has 0 radical (unpaired) electrons. The van der Waals surface area contributed by atoms with Crippen molar-refractivity contribution in [1.29, 1.82) is 0 Å². The van der Waals surface area contributed by atoms with Crippen LogP contribution < -0.4 is 5.32 Å². The van der Waals surface area contributed by atoms with Crippen molar-refractivity contribution in [2.24, 2.45) is 7.05 Å². The molecule has 1 N–H and O–H groups in total. The molecule has 2 heterocycles. The van der Waals surface area contributed by atoms with Gasteiger partial charge in [0.1, 0.15) is 5.82 Å². The normalized spacial score (nSPS) is 17.3. The molecule has 30 heavy (non-hydrogen) atoms. The van der Waals surface area contributed by atoms with E-state index in [0.29, 0.717) is 6.42 Å². The molecule has 1 aromatic heterocycles. The van der Waals surface area contributed by atoms with Crippen molar-refractivity contribution in [3.05, 3.63) is 66.0 Å². The molecule has 1 amide bonds. The highest BCUT2D eigenvalue weighted by Gasteiger charge is 2.21. The van der Waals surface area contributed by atoms with Gasteiger partial charge in [0, 0.05) is 24.5 Å². The third-order valence-corrected chi connectivity index (χ3v) is 8.67. The molecule has 0 unspecified atom stereocenters. The molecule has 1 fully saturated rings. The standard InChI is InChI=1S/C24H29N3OS2/c1-27-22-13-7-6-12-20(22)26-24(27)21(17-18-9-3-2-4-10-18)25-23(28)14-8-5-11-19-15-16-29-30-19/h2-4,6-7,9-10,12-13,19,21H,5,8,11,14-17H2,1H3,(H,25,28)/t19-,21+/m1/s1. The van der Waals surface area contributed by atoms with Crippen LogP contribution in [0.3, 0.4) is 0 Å². The summed E-state index contributed by atoms with van der Waals surface area (Å²) >= 11 is 0. The molecule has 6 heteroatoms. The lowest BCUT2D eigenvalue weighted by Gasteiger charge is -2.19. The van der Waals surface area contributed by atoms with Gasteiger partial charge in [0.25, 0.3) is 0 Å². The number of nitrogens with zero attached hydrogens (tertiary/aromatic N) is 2. The van der Waals surface area contributed by atoms with E-state index in [1.165, 1.54) is 24.2 Å². The van der Waals surface area contributed by atoms with Gasteiger partial charge in [0.2, 0.25) is 5.91 Å². The van der Waals surface area contributed by atoms with E-state index in [2.05, 4.69) is 28.1 Å². The first-order chi connectivity index (χ1) is 14.7. The van der Waals surface area contributed by atoms with E-state index in [-0.39, 0.29) is 11.9 Å². The summed E-state index contributed by atoms with van der Waals surface area (Å²) in [4.78, 5) is 17.6. The molecule has 1 saturated heterocycles. The Morgan fingerprint density at radius 2 is 1.97 bits per heavy atom. The van der Waals surface area contributed by atoms with Gasteiger partial charge in [-0.25, -0.2) is 4.98 Å². The number of benzene rings is 2. The van der Waals surface area contributed by atoms with Crippen LogP contribution >= 0.6 is 21.6 Å². The Labute approximate surface area is 186 Å². The van der Waals surface area contributed by atoms with Crippen molar-refractivity contribution in [1.82, 2.24) is 14.9 Å². The minimum absolute atomic E-state index is 0.122. The highest BCUT2D eigenvalue weighted by atomic mass is 33.1. The highest BCUT2D eigenvalue weighted by Crippen LogP contribution is 2.39. The quantitative estimate of drug-likeness (QED) is 0.344. The van der Waals surface area contributed by atoms with Crippen LogP contribution in [0.25, 0.3) is 11.0 Å². The number of carbonyl (C=O) groups is 1. The van der Waals surface area contributed by atoms with E-state index in [9.17, 15) is 4.79 Å². The van der Waals surface area contributed by atoms with E-state index >= 15 is 0 Å². The molecule has 0 spiro atoms. The van der Waals surface area contributed by atoms with Gasteiger partial charge in [0.05, 0.1) is 17.1 Å². The number of imidazole rings is 1. The van der Waals surface area contributed by atoms with E-state index < -0.39 is 0 Å². The number of hydrogen-bond donors (Lipinski definition) is 1. The smallest absolute Gasteiger partial charge is 0.220 e. The van der Waals surface area contributed by atoms with Crippen molar-refractivity contribution >= 4 is 38.5 Å². The van der Waals surface area contributed by atoms with Gasteiger partial charge in [-0.1, -0.05) is 70.5 Å². The van der Waals surface area contributed by atoms with Crippen LogP contribution in [0, 0.1) is 0 Å². The van der Waals surface area contributed by atoms with Gasteiger partial charge < -0.3 is 9.88 Å². The van der Waals surface area contributed by atoms with Crippen molar-refractivity contribution in [3.8, 4) is 0 Å². The van der Waals surface area contributed by atoms with Gasteiger partial charge in [-0.2, -0.15) is 0 Å². The lowest BCUT2D eigenvalue weighted by atomic mass is 10.0. The molecule has 2 atom stereocenters. The van der Waals surface area contributed by atoms with Crippen molar-refractivity contribution in [2.45, 2.75) is 49.8 Å². The summed E-state index contributed by atoms with van der Waals surface area (Å²) in [6.07, 6.45) is 5.94. The zero-order valence-electron chi connectivity index (χ0n) is 17.4. The van der Waals surface area contributed by atoms with E-state index in [1.807, 2.05) is 65.0 Å². The second-order valence-corrected chi connectivity index (χ2v) is 10.7. The number of aryl methyl sites for hydroxylation is 1. The third-order valence-electron chi connectivity index (χ3n) is 5.66. The number of fused-ring (bicyclic) bond motifs is 1. The molecule has 158 valence electrons. The fourth-order valence-electron chi connectivity index (χ4n) is 4.02. The second kappa shape index (κ2) is 10.4. The van der Waals surface area contributed by atoms with Crippen LogP contribution in [-0.2, 0) is 18.3 Å². The summed E-state index contributed by atoms with van der Waals surface area (Å²) in [5, 5.41) is 4.06. The highest BCUT2D eigenvalue weighted by molar-refractivity contribution is 8.77. The monoisotopic (exact) mass is 439 g/mol. The molecule has 0 aliphatic carbocycles. The molecular weight excluding hydrogens is 410 g/mol. The molecule has 1 aliphatic rings. The maximum atomic E-state index is 12.8. The van der Waals surface area contributed by atoms with Crippen LogP contribution in [0.5, 0.6) is 0 Å². The maximum absolute atomic E-state index is 12.8. The number of hydrogen-bond acceptors (Lipinski definition) is 4. The minimum Gasteiger partial charge on any atom is -0.346 e. The zero-order valence-corrected chi connectivity index (χ0v) is 19.1. The summed E-state index contributed by atoms with van der Waals surface area (Å²) in [7, 11) is 6.04. The Morgan fingerprint density at radius 1 is 1.17 bits per heavy atom. The number of rotatable bonds is 9. The van der Waals surface area contributed by atoms with Gasteiger partial charge in [-0.15, -0.1) is 0 Å². The topological polar surface area (TPSA) is 46.9 Å². The summed E-state index contributed by atoms with van der Waals surface area (Å²) in [6, 6.07) is 18.3. The number of aromatic nitrogens is 2. The van der Waals surface area contributed by atoms with Crippen LogP contribution in [0.4, 0.5) is 0 Å². The number of nitrogens with one attached hydrogen (secondary N) is 1. The first-order valence-electron chi connectivity index (χ1n) is 10.7. The van der Waals surface area contributed by atoms with Gasteiger partial charge in [-0.3, -0.25) is 4.79 Å². The minimum atomic E-state index is -0.140. The lowest BCUT2D eigenvalue weighted by Crippen LogP contribution is -2.31. The maximum Gasteiger partial charge on any atom is 0.220 e. The number of amides is 1. The molecule has 4 nitrogen and oxygen atoms in total. The number of carbonyl (C=O) groups excluding carboxylic acids is 1. The fourth-order valence-corrected chi connectivity index (χ4v) is 7.05. The van der Waals surface area contributed by atoms with E-state index in [4.69, 9.17) is 4.98 Å². The second-order valence-electron chi connectivity index (χ2n) is 7.90. The summed E-state index contributed by atoms with van der Waals surface area (Å²) in [5.74, 6) is 2.30. The van der Waals surface area contributed by atoms with Crippen molar-refractivity contribution < 1.29 is 4.79 Å². The SMILES string of the molecule is Cn1c([C@H](Cc2ccccc2)NC(=O)CCCC[C@@H]2CCSS2)nc2ccccc21. The molecule has 0 saturated carbocycles. The average molecular weight is 440 g/mol. The van der Waals surface area contributed by atoms with E-state index in [1.54, 1.807) is 0 Å². The zero-order chi connectivity index (χ0) is 20.8. The van der Waals surface area contributed by atoms with Crippen LogP contribution in [-0.4, -0.2) is 26.5 Å². The predicted octanol–water partition coefficient (Wildman–Crippen LogP) is 5.69. The molecular formula is C24H29N3OS2.